The number of nitrogens with zero attached hydrogens (tertiary/aromatic N) is 4. The highest BCUT2D eigenvalue weighted by atomic mass is 16.5. The van der Waals surface area contributed by atoms with Crippen molar-refractivity contribution < 1.29 is 4.74 Å². The fourth-order valence-corrected chi connectivity index (χ4v) is 6.08. The van der Waals surface area contributed by atoms with Crippen molar-refractivity contribution in [2.24, 2.45) is 22.2 Å². The van der Waals surface area contributed by atoms with Gasteiger partial charge in [0, 0.05) is 56.0 Å². The first-order chi connectivity index (χ1) is 13.2. The van der Waals surface area contributed by atoms with Crippen LogP contribution < -0.4 is 5.32 Å². The Labute approximate surface area is 162 Å². The van der Waals surface area contributed by atoms with Gasteiger partial charge in [0.15, 0.2) is 5.96 Å². The number of hydrogen-bond donors (Lipinski definition) is 1. The number of fused-ring (bicyclic) bond motifs is 2. The summed E-state index contributed by atoms with van der Waals surface area (Å²) in [5.74, 6) is 2.46. The van der Waals surface area contributed by atoms with E-state index in [1.165, 1.54) is 32.1 Å². The van der Waals surface area contributed by atoms with E-state index in [0.29, 0.717) is 35.4 Å². The molecule has 3 heterocycles. The molecule has 2 saturated carbocycles. The van der Waals surface area contributed by atoms with Crippen LogP contribution in [0.5, 0.6) is 0 Å². The Balaban J connectivity index is 1.33. The average molecular weight is 372 g/mol. The average Bonchev–Trinajstić information content (AvgIpc) is 3.29. The predicted octanol–water partition coefficient (Wildman–Crippen LogP) is 2.69. The van der Waals surface area contributed by atoms with Gasteiger partial charge in [0.2, 0.25) is 0 Å². The van der Waals surface area contributed by atoms with Gasteiger partial charge in [-0.2, -0.15) is 0 Å². The number of aliphatic imine (C=N–C) groups is 1. The van der Waals surface area contributed by atoms with Crippen LogP contribution in [-0.2, 0) is 4.74 Å². The third-order valence-electron chi connectivity index (χ3n) is 7.75. The van der Waals surface area contributed by atoms with Gasteiger partial charge >= 0.3 is 0 Å². The van der Waals surface area contributed by atoms with Crippen molar-refractivity contribution in [3.63, 3.8) is 0 Å². The molecule has 2 aliphatic carbocycles. The highest BCUT2D eigenvalue weighted by Crippen LogP contribution is 2.62. The molecule has 148 valence electrons. The zero-order chi connectivity index (χ0) is 18.4. The van der Waals surface area contributed by atoms with E-state index in [1.807, 2.05) is 12.5 Å². The summed E-state index contributed by atoms with van der Waals surface area (Å²) in [6.45, 7) is 8.37. The minimum Gasteiger partial charge on any atom is -0.377 e. The molecular formula is C21H33N5O. The van der Waals surface area contributed by atoms with E-state index in [9.17, 15) is 0 Å². The van der Waals surface area contributed by atoms with Crippen molar-refractivity contribution in [2.75, 3.05) is 26.2 Å². The van der Waals surface area contributed by atoms with Crippen LogP contribution in [0.2, 0.25) is 0 Å². The van der Waals surface area contributed by atoms with E-state index < -0.39 is 0 Å². The molecule has 5 rings (SSSR count). The molecule has 4 fully saturated rings. The number of ether oxygens (including phenoxy) is 1. The van der Waals surface area contributed by atoms with Crippen molar-refractivity contribution in [2.45, 2.75) is 64.1 Å². The van der Waals surface area contributed by atoms with Crippen LogP contribution in [0.4, 0.5) is 0 Å². The molecule has 0 amide bonds. The van der Waals surface area contributed by atoms with E-state index in [-0.39, 0.29) is 0 Å². The summed E-state index contributed by atoms with van der Waals surface area (Å²) in [5, 5.41) is 3.94. The smallest absolute Gasteiger partial charge is 0.194 e. The fraction of sp³-hybridized carbons (Fsp3) is 0.810. The highest BCUT2D eigenvalue weighted by Gasteiger charge is 2.66. The molecule has 1 spiro atoms. The second-order valence-corrected chi connectivity index (χ2v) is 9.04. The third kappa shape index (κ3) is 2.71. The lowest BCUT2D eigenvalue weighted by molar-refractivity contribution is -0.171. The highest BCUT2D eigenvalue weighted by molar-refractivity contribution is 5.81. The number of aromatic nitrogens is 2. The van der Waals surface area contributed by atoms with Crippen molar-refractivity contribution in [3.05, 3.63) is 18.7 Å². The molecule has 4 aliphatic rings. The zero-order valence-corrected chi connectivity index (χ0v) is 16.7. The number of rotatable bonds is 3. The minimum atomic E-state index is 0.391. The number of guanidine groups is 1. The summed E-state index contributed by atoms with van der Waals surface area (Å²) in [6.07, 6.45) is 12.9. The number of likely N-dealkylation sites (tertiary alicyclic amines) is 1. The molecule has 1 N–H and O–H groups in total. The first-order valence-electron chi connectivity index (χ1n) is 10.9. The molecule has 2 aliphatic heterocycles. The van der Waals surface area contributed by atoms with Crippen molar-refractivity contribution in [3.8, 4) is 0 Å². The van der Waals surface area contributed by atoms with Gasteiger partial charge in [0.1, 0.15) is 0 Å². The van der Waals surface area contributed by atoms with Crippen molar-refractivity contribution in [1.29, 1.82) is 0 Å². The zero-order valence-electron chi connectivity index (χ0n) is 16.7. The molecule has 2 saturated heterocycles. The van der Waals surface area contributed by atoms with Crippen LogP contribution in [0.25, 0.3) is 0 Å². The molecular weight excluding hydrogens is 338 g/mol. The lowest BCUT2D eigenvalue weighted by Crippen LogP contribution is -2.72. The molecule has 0 bridgehead atoms. The Kier molecular flexibility index (Phi) is 4.42. The number of imidazole rings is 1. The quantitative estimate of drug-likeness (QED) is 0.656. The van der Waals surface area contributed by atoms with Crippen molar-refractivity contribution in [1.82, 2.24) is 19.8 Å². The van der Waals surface area contributed by atoms with Gasteiger partial charge in [-0.3, -0.25) is 4.99 Å². The molecule has 5 atom stereocenters. The normalized spacial score (nSPS) is 37.6. The Bertz CT molecular complexity index is 683. The number of nitrogens with one attached hydrogen (secondary N) is 1. The Hall–Kier alpha value is -1.56. The lowest BCUT2D eigenvalue weighted by atomic mass is 9.46. The molecule has 27 heavy (non-hydrogen) atoms. The summed E-state index contributed by atoms with van der Waals surface area (Å²) < 4.78 is 8.38. The second-order valence-electron chi connectivity index (χ2n) is 9.04. The Morgan fingerprint density at radius 2 is 2.26 bits per heavy atom. The summed E-state index contributed by atoms with van der Waals surface area (Å²) in [7, 11) is 0. The van der Waals surface area contributed by atoms with Gasteiger partial charge in [0.05, 0.1) is 18.5 Å². The lowest BCUT2D eigenvalue weighted by Gasteiger charge is -2.63. The fourth-order valence-electron chi connectivity index (χ4n) is 6.08. The standard InChI is InChI=1S/C21H33N5O/c1-3-23-20(24-18-16-6-12-27-19(16)21(18)7-4-8-21)25-10-5-15(2)17(13-25)26-11-9-22-14-26/h9,11,14-19H,3-8,10,12-13H2,1-2H3,(H,23,24). The summed E-state index contributed by atoms with van der Waals surface area (Å²) in [4.78, 5) is 11.7. The maximum absolute atomic E-state index is 6.10. The van der Waals surface area contributed by atoms with Gasteiger partial charge in [0.25, 0.3) is 0 Å². The summed E-state index contributed by atoms with van der Waals surface area (Å²) in [5.41, 5.74) is 0.391. The van der Waals surface area contributed by atoms with Crippen LogP contribution in [0.3, 0.4) is 0 Å². The van der Waals surface area contributed by atoms with Crippen LogP contribution in [-0.4, -0.2) is 58.8 Å². The van der Waals surface area contributed by atoms with E-state index in [4.69, 9.17) is 9.73 Å². The van der Waals surface area contributed by atoms with Crippen LogP contribution in [0, 0.1) is 17.3 Å². The minimum absolute atomic E-state index is 0.391. The Morgan fingerprint density at radius 3 is 2.96 bits per heavy atom. The number of hydrogen-bond acceptors (Lipinski definition) is 3. The van der Waals surface area contributed by atoms with Crippen molar-refractivity contribution >= 4 is 5.96 Å². The molecule has 1 aromatic rings. The van der Waals surface area contributed by atoms with Crippen LogP contribution in [0.1, 0.15) is 52.0 Å². The third-order valence-corrected chi connectivity index (χ3v) is 7.75. The van der Waals surface area contributed by atoms with E-state index in [0.717, 1.165) is 32.2 Å². The van der Waals surface area contributed by atoms with Gasteiger partial charge in [-0.1, -0.05) is 13.3 Å². The molecule has 1 aromatic heterocycles. The second kappa shape index (κ2) is 6.80. The maximum atomic E-state index is 6.10. The van der Waals surface area contributed by atoms with Gasteiger partial charge in [-0.25, -0.2) is 4.98 Å². The molecule has 5 unspecified atom stereocenters. The SMILES string of the molecule is CCN=C(NC1C2CCOC2C12CCC2)N1CCC(C)C(n2ccnc2)C1. The first-order valence-corrected chi connectivity index (χ1v) is 10.9. The van der Waals surface area contributed by atoms with E-state index >= 15 is 0 Å². The molecule has 0 aromatic carbocycles. The van der Waals surface area contributed by atoms with Gasteiger partial charge in [-0.05, 0) is 38.5 Å². The first kappa shape index (κ1) is 17.5. The topological polar surface area (TPSA) is 54.7 Å². The monoisotopic (exact) mass is 371 g/mol. The summed E-state index contributed by atoms with van der Waals surface area (Å²) in [6, 6.07) is 1.02. The largest absolute Gasteiger partial charge is 0.377 e. The van der Waals surface area contributed by atoms with E-state index in [2.05, 4.69) is 39.8 Å². The number of piperidine rings is 1. The van der Waals surface area contributed by atoms with Gasteiger partial charge in [-0.15, -0.1) is 0 Å². The molecule has 0 radical (unpaired) electrons. The predicted molar refractivity (Wildman–Crippen MR) is 106 cm³/mol. The molecule has 6 nitrogen and oxygen atoms in total. The van der Waals surface area contributed by atoms with E-state index in [1.54, 1.807) is 0 Å². The van der Waals surface area contributed by atoms with Gasteiger partial charge < -0.3 is 19.5 Å². The van der Waals surface area contributed by atoms with Crippen LogP contribution >= 0.6 is 0 Å². The van der Waals surface area contributed by atoms with Crippen LogP contribution in [0.15, 0.2) is 23.7 Å². The Morgan fingerprint density at radius 1 is 1.37 bits per heavy atom. The molecule has 6 heteroatoms. The maximum Gasteiger partial charge on any atom is 0.194 e. The summed E-state index contributed by atoms with van der Waals surface area (Å²) >= 11 is 0.